The Bertz CT molecular complexity index is 854. The van der Waals surface area contributed by atoms with Crippen molar-refractivity contribution in [2.75, 3.05) is 0 Å². The fourth-order valence-corrected chi connectivity index (χ4v) is 3.88. The lowest BCUT2D eigenvalue weighted by molar-refractivity contribution is 0.351. The summed E-state index contributed by atoms with van der Waals surface area (Å²) in [5.74, 6) is 1.57. The highest BCUT2D eigenvalue weighted by Crippen LogP contribution is 2.39. The number of benzene rings is 1. The number of hydrogen-bond donors (Lipinski definition) is 0. The molecular weight excluding hydrogens is 386 g/mol. The molecule has 2 aromatic heterocycles. The van der Waals surface area contributed by atoms with Gasteiger partial charge in [0, 0.05) is 4.47 Å². The first-order chi connectivity index (χ1) is 11.3. The lowest BCUT2D eigenvalue weighted by atomic mass is 9.73. The molecule has 0 bridgehead atoms. The molecule has 0 aliphatic heterocycles. The van der Waals surface area contributed by atoms with Crippen LogP contribution >= 0.6 is 27.3 Å². The molecule has 0 amide bonds. The zero-order valence-corrected chi connectivity index (χ0v) is 16.8. The number of nitrogens with zero attached hydrogens (tertiary/aromatic N) is 3. The lowest BCUT2D eigenvalue weighted by Gasteiger charge is -2.31. The summed E-state index contributed by atoms with van der Waals surface area (Å²) in [6.07, 6.45) is 0. The van der Waals surface area contributed by atoms with E-state index in [1.54, 1.807) is 11.3 Å². The van der Waals surface area contributed by atoms with Gasteiger partial charge < -0.3 is 4.52 Å². The maximum atomic E-state index is 5.59. The van der Waals surface area contributed by atoms with Gasteiger partial charge in [0.05, 0.1) is 16.1 Å². The minimum atomic E-state index is -0.323. The molecule has 0 saturated carbocycles. The number of thiazole rings is 1. The van der Waals surface area contributed by atoms with E-state index in [4.69, 9.17) is 9.51 Å². The first-order valence-electron chi connectivity index (χ1n) is 7.87. The molecule has 3 aromatic rings. The molecule has 1 aromatic carbocycles. The van der Waals surface area contributed by atoms with Crippen LogP contribution < -0.4 is 0 Å². The third-order valence-electron chi connectivity index (χ3n) is 4.59. The first kappa shape index (κ1) is 17.3. The van der Waals surface area contributed by atoms with E-state index in [2.05, 4.69) is 59.0 Å². The van der Waals surface area contributed by atoms with E-state index in [0.29, 0.717) is 17.6 Å². The van der Waals surface area contributed by atoms with Crippen LogP contribution in [0.15, 0.2) is 33.3 Å². The molecule has 24 heavy (non-hydrogen) atoms. The van der Waals surface area contributed by atoms with Crippen LogP contribution in [0.3, 0.4) is 0 Å². The van der Waals surface area contributed by atoms with Crippen molar-refractivity contribution in [1.29, 1.82) is 0 Å². The smallest absolute Gasteiger partial charge is 0.269 e. The van der Waals surface area contributed by atoms with Gasteiger partial charge in [-0.3, -0.25) is 0 Å². The van der Waals surface area contributed by atoms with Gasteiger partial charge in [-0.05, 0) is 44.4 Å². The summed E-state index contributed by atoms with van der Waals surface area (Å²) in [6, 6.07) is 8.33. The van der Waals surface area contributed by atoms with Crippen LogP contribution in [0.1, 0.15) is 42.9 Å². The topological polar surface area (TPSA) is 51.8 Å². The van der Waals surface area contributed by atoms with Gasteiger partial charge in [-0.25, -0.2) is 4.98 Å². The van der Waals surface area contributed by atoms with Crippen LogP contribution in [0.25, 0.3) is 10.8 Å². The number of hydrogen-bond acceptors (Lipinski definition) is 5. The Labute approximate surface area is 154 Å². The fourth-order valence-electron chi connectivity index (χ4n) is 2.77. The monoisotopic (exact) mass is 405 g/mol. The second kappa shape index (κ2) is 6.41. The average Bonchev–Trinajstić information content (AvgIpc) is 3.13. The van der Waals surface area contributed by atoms with Gasteiger partial charge in [0.2, 0.25) is 0 Å². The average molecular weight is 406 g/mol. The van der Waals surface area contributed by atoms with Gasteiger partial charge in [-0.2, -0.15) is 4.98 Å². The Morgan fingerprint density at radius 3 is 2.33 bits per heavy atom. The van der Waals surface area contributed by atoms with Crippen molar-refractivity contribution in [3.05, 3.63) is 50.8 Å². The molecule has 0 saturated heterocycles. The van der Waals surface area contributed by atoms with E-state index in [1.807, 2.05) is 26.0 Å². The number of aryl methyl sites for hydroxylation is 2. The minimum absolute atomic E-state index is 0.313. The minimum Gasteiger partial charge on any atom is -0.333 e. The van der Waals surface area contributed by atoms with Crippen molar-refractivity contribution < 1.29 is 4.52 Å². The Hall–Kier alpha value is -1.53. The van der Waals surface area contributed by atoms with Crippen LogP contribution in [-0.4, -0.2) is 15.1 Å². The van der Waals surface area contributed by atoms with E-state index in [0.717, 1.165) is 20.1 Å². The summed E-state index contributed by atoms with van der Waals surface area (Å²) in [6.45, 7) is 10.5. The molecule has 0 aliphatic rings. The summed E-state index contributed by atoms with van der Waals surface area (Å²) in [5.41, 5.74) is 1.78. The van der Waals surface area contributed by atoms with E-state index in [9.17, 15) is 0 Å². The molecule has 126 valence electrons. The molecular formula is C18H20BrN3OS. The molecule has 0 radical (unpaired) electrons. The van der Waals surface area contributed by atoms with Crippen LogP contribution in [0.5, 0.6) is 0 Å². The maximum Gasteiger partial charge on any atom is 0.269 e. The van der Waals surface area contributed by atoms with Gasteiger partial charge in [0.15, 0.2) is 5.82 Å². The van der Waals surface area contributed by atoms with Gasteiger partial charge in [-0.15, -0.1) is 11.3 Å². The SMILES string of the molecule is Cc1nc(C)c(-c2nc(C(C)(c3ccc(Br)cc3)C(C)C)no2)s1. The van der Waals surface area contributed by atoms with E-state index in [1.165, 1.54) is 5.56 Å². The summed E-state index contributed by atoms with van der Waals surface area (Å²) >= 11 is 5.08. The summed E-state index contributed by atoms with van der Waals surface area (Å²) in [4.78, 5) is 10.1. The maximum absolute atomic E-state index is 5.59. The molecule has 4 nitrogen and oxygen atoms in total. The summed E-state index contributed by atoms with van der Waals surface area (Å²) < 4.78 is 6.64. The molecule has 0 fully saturated rings. The molecule has 6 heteroatoms. The largest absolute Gasteiger partial charge is 0.333 e. The molecule has 1 atom stereocenters. The highest BCUT2D eigenvalue weighted by atomic mass is 79.9. The predicted molar refractivity (Wildman–Crippen MR) is 100 cm³/mol. The summed E-state index contributed by atoms with van der Waals surface area (Å²) in [7, 11) is 0. The van der Waals surface area contributed by atoms with Crippen LogP contribution in [0, 0.1) is 19.8 Å². The number of rotatable bonds is 4. The fraction of sp³-hybridized carbons (Fsp3) is 0.389. The van der Waals surface area contributed by atoms with Crippen molar-refractivity contribution in [3.63, 3.8) is 0 Å². The van der Waals surface area contributed by atoms with E-state index >= 15 is 0 Å². The van der Waals surface area contributed by atoms with E-state index in [-0.39, 0.29) is 5.41 Å². The van der Waals surface area contributed by atoms with Gasteiger partial charge in [-0.1, -0.05) is 47.1 Å². The number of halogens is 1. The van der Waals surface area contributed by atoms with Crippen LogP contribution in [0.4, 0.5) is 0 Å². The van der Waals surface area contributed by atoms with E-state index < -0.39 is 0 Å². The van der Waals surface area contributed by atoms with Gasteiger partial charge in [0.25, 0.3) is 5.89 Å². The number of aromatic nitrogens is 3. The van der Waals surface area contributed by atoms with Crippen molar-refractivity contribution in [3.8, 4) is 10.8 Å². The highest BCUT2D eigenvalue weighted by Gasteiger charge is 2.37. The molecule has 0 spiro atoms. The molecule has 0 aliphatic carbocycles. The van der Waals surface area contributed by atoms with Gasteiger partial charge >= 0.3 is 0 Å². The standard InChI is InChI=1S/C18H20BrN3OS/c1-10(2)18(5,13-6-8-14(19)9-7-13)17-21-16(23-22-17)15-11(3)20-12(4)24-15/h6-10H,1-5H3. The van der Waals surface area contributed by atoms with Gasteiger partial charge in [0.1, 0.15) is 4.88 Å². The quantitative estimate of drug-likeness (QED) is 0.571. The van der Waals surface area contributed by atoms with Crippen molar-refractivity contribution in [2.45, 2.75) is 40.0 Å². The Balaban J connectivity index is 2.07. The highest BCUT2D eigenvalue weighted by molar-refractivity contribution is 9.10. The Kier molecular flexibility index (Phi) is 4.62. The second-order valence-corrected chi connectivity index (χ2v) is 8.55. The molecule has 0 N–H and O–H groups in total. The third-order valence-corrected chi connectivity index (χ3v) is 6.18. The Morgan fingerprint density at radius 2 is 1.79 bits per heavy atom. The lowest BCUT2D eigenvalue weighted by Crippen LogP contribution is -2.31. The van der Waals surface area contributed by atoms with Crippen molar-refractivity contribution in [1.82, 2.24) is 15.1 Å². The molecule has 2 heterocycles. The second-order valence-electron chi connectivity index (χ2n) is 6.43. The van der Waals surface area contributed by atoms with Crippen LogP contribution in [-0.2, 0) is 5.41 Å². The third kappa shape index (κ3) is 2.93. The van der Waals surface area contributed by atoms with Crippen LogP contribution in [0.2, 0.25) is 0 Å². The van der Waals surface area contributed by atoms with Crippen molar-refractivity contribution >= 4 is 27.3 Å². The Morgan fingerprint density at radius 1 is 1.12 bits per heavy atom. The summed E-state index contributed by atoms with van der Waals surface area (Å²) in [5, 5.41) is 5.32. The first-order valence-corrected chi connectivity index (χ1v) is 9.48. The zero-order chi connectivity index (χ0) is 17.5. The molecule has 3 rings (SSSR count). The molecule has 1 unspecified atom stereocenters. The normalized spacial score (nSPS) is 14.1. The van der Waals surface area contributed by atoms with Crippen molar-refractivity contribution in [2.24, 2.45) is 5.92 Å². The zero-order valence-electron chi connectivity index (χ0n) is 14.4. The predicted octanol–water partition coefficient (Wildman–Crippen LogP) is 5.53.